The van der Waals surface area contributed by atoms with Gasteiger partial charge in [-0.2, -0.15) is 4.98 Å². The fourth-order valence-electron chi connectivity index (χ4n) is 9.99. The number of phosphoric ester groups is 2. The third kappa shape index (κ3) is 11.7. The van der Waals surface area contributed by atoms with Gasteiger partial charge in [0.25, 0.3) is 0 Å². The van der Waals surface area contributed by atoms with Crippen molar-refractivity contribution in [2.75, 3.05) is 37.9 Å². The van der Waals surface area contributed by atoms with Crippen LogP contribution in [-0.4, -0.2) is 158 Å². The number of imidazole rings is 1. The fraction of sp³-hybridized carbons (Fsp3) is 0.422. The number of rotatable bonds is 19. The van der Waals surface area contributed by atoms with E-state index < -0.39 is 122 Å². The monoisotopic (exact) mass is 1150 g/mol. The van der Waals surface area contributed by atoms with Crippen LogP contribution in [0.25, 0.3) is 17.2 Å². The Balaban J connectivity index is 0.906. The number of nitrogens with two attached hydrogens (primary N) is 2. The highest BCUT2D eigenvalue weighted by molar-refractivity contribution is 7.47. The van der Waals surface area contributed by atoms with Crippen molar-refractivity contribution in [1.82, 2.24) is 38.9 Å². The molecule has 0 aliphatic carbocycles. The summed E-state index contributed by atoms with van der Waals surface area (Å²) in [5.41, 5.74) is 12.8. The van der Waals surface area contributed by atoms with Crippen LogP contribution >= 0.6 is 15.6 Å². The second kappa shape index (κ2) is 22.1. The summed E-state index contributed by atoms with van der Waals surface area (Å²) in [5.74, 6) is -1.43. The van der Waals surface area contributed by atoms with Gasteiger partial charge in [-0.15, -0.1) is 0 Å². The Kier molecular flexibility index (Phi) is 15.6. The zero-order valence-corrected chi connectivity index (χ0v) is 43.5. The number of hydrogen-bond donors (Lipinski definition) is 7. The number of phosphoric acid groups is 2. The van der Waals surface area contributed by atoms with Gasteiger partial charge in [-0.05, 0) is 49.2 Å². The lowest BCUT2D eigenvalue weighted by Crippen LogP contribution is -2.51. The van der Waals surface area contributed by atoms with E-state index in [9.17, 15) is 43.3 Å². The van der Waals surface area contributed by atoms with E-state index in [1.54, 1.807) is 56.3 Å². The standard InChI is InChI=1S/C45H52BF2N11O18P2/c1-23-15-24(2)58-29(23)17-26-10-11-27(59(26)46(58,47)48)18-70-45(63)54-28(16-25-7-4-3-5-8-25)43(61)76-36-30(73-41(35(36)60)57-22-53-34-39(50)51-21-52-40(34)57)20-72-79(67,68)77-37-31(19-71-78(64,65)66)74-42(38(37)75-33-9-6-14-69-33)56-13-12-32(49)55-44(56)62/h3-5,7-8,10-13,15,17,21-22,28,30-31,33,35-38,41-42,60H,6,9,14,16,18-20H2,1-2H3,(H,54,63)(H,67,68)(H2,49,55,62)(H2,50,51,52)(H2,64,65,66)/t28-,30+,31+,33?,35+,36+,37+,38+,41+,42+/m0/s1. The van der Waals surface area contributed by atoms with Crippen molar-refractivity contribution in [1.29, 1.82) is 0 Å². The van der Waals surface area contributed by atoms with Crippen molar-refractivity contribution in [3.63, 3.8) is 0 Å². The molecule has 0 saturated carbocycles. The molecule has 5 aliphatic rings. The number of hydrogen-bond acceptors (Lipinski definition) is 21. The fourth-order valence-corrected chi connectivity index (χ4v) is 11.3. The summed E-state index contributed by atoms with van der Waals surface area (Å²) in [6, 6.07) is 9.56. The molecule has 422 valence electrons. The van der Waals surface area contributed by atoms with E-state index in [4.69, 9.17) is 53.5 Å². The first-order valence-electron chi connectivity index (χ1n) is 24.4. The molecule has 29 nitrogen and oxygen atoms in total. The minimum absolute atomic E-state index is 0.0397. The van der Waals surface area contributed by atoms with Crippen molar-refractivity contribution in [2.45, 2.75) is 94.5 Å². The van der Waals surface area contributed by atoms with Crippen LogP contribution in [0.15, 0.2) is 84.0 Å². The number of nitrogens with one attached hydrogen (secondary N) is 1. The van der Waals surface area contributed by atoms with Crippen LogP contribution in [0.5, 0.6) is 0 Å². The van der Waals surface area contributed by atoms with E-state index in [1.807, 2.05) is 0 Å². The Hall–Kier alpha value is -6.64. The van der Waals surface area contributed by atoms with Crippen LogP contribution in [0.2, 0.25) is 0 Å². The molecule has 0 bridgehead atoms. The molecule has 3 saturated heterocycles. The summed E-state index contributed by atoms with van der Waals surface area (Å²) >= 11 is 0. The molecule has 2 unspecified atom stereocenters. The van der Waals surface area contributed by atoms with Gasteiger partial charge in [-0.25, -0.2) is 38.5 Å². The number of alkyl carbamates (subject to hydrolysis) is 1. The summed E-state index contributed by atoms with van der Waals surface area (Å²) in [7, 11) is -10.8. The number of aryl methyl sites for hydroxylation is 2. The van der Waals surface area contributed by atoms with Gasteiger partial charge in [0.15, 0.2) is 54.3 Å². The summed E-state index contributed by atoms with van der Waals surface area (Å²) in [6.07, 6.45) is -7.32. The number of fused-ring (bicyclic) bond motifs is 3. The summed E-state index contributed by atoms with van der Waals surface area (Å²) in [6.45, 7) is -3.57. The molecule has 4 aromatic heterocycles. The van der Waals surface area contributed by atoms with Crippen molar-refractivity contribution < 1.29 is 93.6 Å². The molecule has 34 heteroatoms. The number of allylic oxidation sites excluding steroid dienone is 1. The lowest BCUT2D eigenvalue weighted by atomic mass is 9.90. The Morgan fingerprint density at radius 2 is 1.72 bits per heavy atom. The summed E-state index contributed by atoms with van der Waals surface area (Å²) < 4.78 is 113. The molecule has 11 atom stereocenters. The number of halogens is 2. The van der Waals surface area contributed by atoms with Crippen LogP contribution in [0, 0.1) is 13.8 Å². The highest BCUT2D eigenvalue weighted by atomic mass is 31.2. The second-order valence-electron chi connectivity index (χ2n) is 18.9. The van der Waals surface area contributed by atoms with E-state index >= 15 is 8.63 Å². The number of aliphatic hydroxyl groups excluding tert-OH is 1. The highest BCUT2D eigenvalue weighted by Gasteiger charge is 2.55. The molecule has 10 rings (SSSR count). The Morgan fingerprint density at radius 3 is 2.46 bits per heavy atom. The number of aliphatic hydroxyl groups is 1. The molecule has 3 fully saturated rings. The average molecular weight is 1150 g/mol. The molecule has 5 aliphatic heterocycles. The van der Waals surface area contributed by atoms with E-state index in [1.165, 1.54) is 35.3 Å². The predicted molar refractivity (Wildman–Crippen MR) is 267 cm³/mol. The number of anilines is 2. The zero-order valence-electron chi connectivity index (χ0n) is 41.7. The molecule has 0 radical (unpaired) electrons. The Morgan fingerprint density at radius 1 is 0.975 bits per heavy atom. The SMILES string of the molecule is Cc1cc(C)n2c1C=C1C=CC(COC(=O)N[C@@H](Cc3ccccc3)C(=O)O[C@H]3[C@@H](O)[C@H](n4cnc5c(N)ncnc54)O[C@@H]3COP(=O)(O)O[C@H]3[C@@H](OC4CCCO4)[C@H](n4ccc(N)nc4=O)O[C@@H]3COP(=O)(O)O)=[N+]1[B-]2(F)F. The van der Waals surface area contributed by atoms with Crippen LogP contribution < -0.4 is 22.5 Å². The number of benzene rings is 1. The zero-order chi connectivity index (χ0) is 56.1. The number of ether oxygens (including phenoxy) is 6. The topological polar surface area (TPSA) is 383 Å². The maximum Gasteiger partial charge on any atom is 0.737 e. The number of aromatic nitrogens is 7. The average Bonchev–Trinajstić information content (AvgIpc) is 3.67. The highest BCUT2D eigenvalue weighted by Crippen LogP contribution is 2.51. The minimum atomic E-state index is -5.52. The number of esters is 1. The molecular weight excluding hydrogens is 1090 g/mol. The third-order valence-electron chi connectivity index (χ3n) is 13.5. The number of nitrogens with zero attached hydrogens (tertiary/aromatic N) is 8. The molecule has 9 heterocycles. The molecule has 1 amide bonds. The third-order valence-corrected chi connectivity index (χ3v) is 15.0. The first kappa shape index (κ1) is 55.7. The maximum atomic E-state index is 16.2. The van der Waals surface area contributed by atoms with Gasteiger partial charge in [0.1, 0.15) is 54.2 Å². The molecule has 79 heavy (non-hydrogen) atoms. The second-order valence-corrected chi connectivity index (χ2v) is 21.5. The number of carbonyl (C=O) groups excluding carboxylic acids is 2. The first-order chi connectivity index (χ1) is 37.5. The number of nitrogen functional groups attached to an aromatic ring is 2. The summed E-state index contributed by atoms with van der Waals surface area (Å²) in [4.78, 5) is 87.9. The van der Waals surface area contributed by atoms with Crippen molar-refractivity contribution in [3.05, 3.63) is 112 Å². The largest absolute Gasteiger partial charge is 0.737 e. The van der Waals surface area contributed by atoms with Gasteiger partial charge in [0.05, 0.1) is 19.5 Å². The van der Waals surface area contributed by atoms with Gasteiger partial charge in [0.2, 0.25) is 0 Å². The smallest absolute Gasteiger partial charge is 0.455 e. The van der Waals surface area contributed by atoms with Crippen LogP contribution in [0.3, 0.4) is 0 Å². The molecule has 5 aromatic rings. The van der Waals surface area contributed by atoms with E-state index in [0.29, 0.717) is 35.4 Å². The van der Waals surface area contributed by atoms with Crippen LogP contribution in [0.4, 0.5) is 25.1 Å². The number of amides is 1. The molecule has 9 N–H and O–H groups in total. The van der Waals surface area contributed by atoms with E-state index in [-0.39, 0.29) is 47.2 Å². The molecule has 0 spiro atoms. The normalized spacial score (nSPS) is 26.4. The van der Waals surface area contributed by atoms with E-state index in [0.717, 1.165) is 19.9 Å². The maximum absolute atomic E-state index is 16.2. The number of carbonyl (C=O) groups is 2. The van der Waals surface area contributed by atoms with Gasteiger partial charge >= 0.3 is 40.4 Å². The van der Waals surface area contributed by atoms with Gasteiger partial charge in [-0.3, -0.25) is 22.7 Å². The van der Waals surface area contributed by atoms with E-state index in [2.05, 4.69) is 25.3 Å². The minimum Gasteiger partial charge on any atom is -0.455 e. The Labute approximate surface area is 445 Å². The predicted octanol–water partition coefficient (Wildman–Crippen LogP) is 1.50. The lowest BCUT2D eigenvalue weighted by Gasteiger charge is -2.30. The van der Waals surface area contributed by atoms with Crippen molar-refractivity contribution in [2.24, 2.45) is 0 Å². The van der Waals surface area contributed by atoms with Crippen LogP contribution in [0.1, 0.15) is 47.8 Å². The van der Waals surface area contributed by atoms with Crippen molar-refractivity contribution in [3.8, 4) is 0 Å². The van der Waals surface area contributed by atoms with Gasteiger partial charge in [0, 0.05) is 49.6 Å². The van der Waals surface area contributed by atoms with Gasteiger partial charge in [-0.1, -0.05) is 30.3 Å². The quantitative estimate of drug-likeness (QED) is 0.0350. The molecular formula is C45H52BF2N11O18P2. The molecule has 1 aromatic carbocycles. The van der Waals surface area contributed by atoms with Crippen LogP contribution in [-0.2, 0) is 62.3 Å². The Bertz CT molecular complexity index is 3410. The van der Waals surface area contributed by atoms with Crippen molar-refractivity contribution >= 4 is 69.3 Å². The first-order valence-corrected chi connectivity index (χ1v) is 27.4. The lowest BCUT2D eigenvalue weighted by molar-refractivity contribution is -0.363. The van der Waals surface area contributed by atoms with Gasteiger partial charge < -0.3 is 82.6 Å². The summed E-state index contributed by atoms with van der Waals surface area (Å²) in [5, 5.41) is 14.4.